The second-order valence-corrected chi connectivity index (χ2v) is 9.23. The molecule has 2 aromatic rings. The van der Waals surface area contributed by atoms with Gasteiger partial charge in [0.25, 0.3) is 0 Å². The summed E-state index contributed by atoms with van der Waals surface area (Å²) in [6.45, 7) is 4.95. The van der Waals surface area contributed by atoms with E-state index in [1.165, 1.54) is 18.4 Å². The first kappa shape index (κ1) is 20.2. The van der Waals surface area contributed by atoms with Gasteiger partial charge in [0, 0.05) is 43.7 Å². The number of carbonyl (C=O) groups excluding carboxylic acids is 1. The molecule has 0 N–H and O–H groups in total. The van der Waals surface area contributed by atoms with Crippen LogP contribution in [0.15, 0.2) is 18.3 Å². The predicted molar refractivity (Wildman–Crippen MR) is 119 cm³/mol. The predicted octanol–water partition coefficient (Wildman–Crippen LogP) is 3.12. The fraction of sp³-hybridized carbons (Fsp3) is 0.583. The average molecular weight is 422 g/mol. The molecule has 6 rings (SSSR count). The largest absolute Gasteiger partial charge is 0.493 e. The first-order chi connectivity index (χ1) is 15.1. The molecule has 0 unspecified atom stereocenters. The first-order valence-electron chi connectivity index (χ1n) is 11.6. The lowest BCUT2D eigenvalue weighted by molar-refractivity contribution is -0.136. The van der Waals surface area contributed by atoms with E-state index in [0.29, 0.717) is 24.7 Å². The van der Waals surface area contributed by atoms with Gasteiger partial charge in [-0.1, -0.05) is 6.92 Å². The van der Waals surface area contributed by atoms with Crippen molar-refractivity contribution in [3.8, 4) is 17.3 Å². The van der Waals surface area contributed by atoms with E-state index in [1.54, 1.807) is 6.20 Å². The molecule has 0 atom stereocenters. The van der Waals surface area contributed by atoms with Gasteiger partial charge in [-0.2, -0.15) is 0 Å². The maximum absolute atomic E-state index is 13.0. The number of aromatic nitrogens is 3. The van der Waals surface area contributed by atoms with Crippen molar-refractivity contribution in [2.45, 2.75) is 45.4 Å². The Balaban J connectivity index is 1.38. The molecule has 1 saturated carbocycles. The van der Waals surface area contributed by atoms with Crippen LogP contribution in [0.2, 0.25) is 0 Å². The number of piperidine rings is 2. The third kappa shape index (κ3) is 4.10. The lowest BCUT2D eigenvalue weighted by Crippen LogP contribution is -2.53. The molecule has 2 saturated heterocycles. The molecule has 0 aromatic carbocycles. The van der Waals surface area contributed by atoms with E-state index in [4.69, 9.17) is 14.7 Å². The molecule has 31 heavy (non-hydrogen) atoms. The number of ether oxygens (including phenoxy) is 1. The number of anilines is 1. The second-order valence-electron chi connectivity index (χ2n) is 9.23. The number of nitrogens with zero attached hydrogens (tertiary/aromatic N) is 5. The molecule has 164 valence electrons. The van der Waals surface area contributed by atoms with Gasteiger partial charge in [-0.05, 0) is 56.4 Å². The summed E-state index contributed by atoms with van der Waals surface area (Å²) < 4.78 is 5.76. The second kappa shape index (κ2) is 8.44. The van der Waals surface area contributed by atoms with Crippen molar-refractivity contribution in [1.82, 2.24) is 19.9 Å². The number of carbonyl (C=O) groups is 1. The summed E-state index contributed by atoms with van der Waals surface area (Å²) >= 11 is 0. The fourth-order valence-corrected chi connectivity index (χ4v) is 5.14. The van der Waals surface area contributed by atoms with Crippen LogP contribution < -0.4 is 9.64 Å². The van der Waals surface area contributed by atoms with E-state index in [0.717, 1.165) is 67.9 Å². The van der Waals surface area contributed by atoms with E-state index < -0.39 is 0 Å². The zero-order valence-electron chi connectivity index (χ0n) is 18.5. The fourth-order valence-electron chi connectivity index (χ4n) is 5.14. The summed E-state index contributed by atoms with van der Waals surface area (Å²) in [5, 5.41) is 0. The number of amides is 1. The van der Waals surface area contributed by atoms with Crippen LogP contribution in [-0.2, 0) is 17.6 Å². The summed E-state index contributed by atoms with van der Waals surface area (Å²) in [6.07, 6.45) is 8.28. The van der Waals surface area contributed by atoms with Crippen LogP contribution >= 0.6 is 0 Å². The van der Waals surface area contributed by atoms with Gasteiger partial charge in [0.15, 0.2) is 5.82 Å². The van der Waals surface area contributed by atoms with Crippen molar-refractivity contribution in [2.75, 3.05) is 38.2 Å². The lowest BCUT2D eigenvalue weighted by Gasteiger charge is -2.47. The molecule has 0 radical (unpaired) electrons. The smallest absolute Gasteiger partial charge is 0.242 e. The SMILES string of the molecule is CCCOc1ccnc(-c2nc3c(c(N(C)CC(=O)N4CC5CC(C5)C4)n2)CCC3)c1. The molecule has 7 heteroatoms. The maximum Gasteiger partial charge on any atom is 0.242 e. The van der Waals surface area contributed by atoms with Crippen molar-refractivity contribution in [3.63, 3.8) is 0 Å². The Labute approximate surface area is 183 Å². The first-order valence-corrected chi connectivity index (χ1v) is 11.6. The molecular weight excluding hydrogens is 390 g/mol. The minimum Gasteiger partial charge on any atom is -0.493 e. The Kier molecular flexibility index (Phi) is 5.50. The number of rotatable bonds is 7. The van der Waals surface area contributed by atoms with E-state index in [9.17, 15) is 4.79 Å². The monoisotopic (exact) mass is 421 g/mol. The maximum atomic E-state index is 13.0. The Bertz CT molecular complexity index is 962. The number of hydrogen-bond donors (Lipinski definition) is 0. The van der Waals surface area contributed by atoms with Gasteiger partial charge < -0.3 is 14.5 Å². The number of fused-ring (bicyclic) bond motifs is 3. The molecular formula is C24H31N5O2. The highest BCUT2D eigenvalue weighted by Crippen LogP contribution is 2.39. The summed E-state index contributed by atoms with van der Waals surface area (Å²) in [4.78, 5) is 31.2. The topological polar surface area (TPSA) is 71.5 Å². The standard InChI is InChI=1S/C24H31N5O2/c1-3-9-31-18-7-8-25-21(12-18)23-26-20-6-4-5-19(20)24(27-23)28(2)15-22(30)29-13-16-10-17(11-16)14-29/h7-8,12,16-17H,3-6,9-11,13-15H2,1-2H3. The summed E-state index contributed by atoms with van der Waals surface area (Å²) in [7, 11) is 1.97. The van der Waals surface area contributed by atoms with Crippen molar-refractivity contribution in [1.29, 1.82) is 0 Å². The van der Waals surface area contributed by atoms with Gasteiger partial charge in [0.05, 0.1) is 13.2 Å². The molecule has 2 aliphatic carbocycles. The summed E-state index contributed by atoms with van der Waals surface area (Å²) in [5.41, 5.74) is 2.97. The lowest BCUT2D eigenvalue weighted by atomic mass is 9.71. The van der Waals surface area contributed by atoms with Crippen LogP contribution in [0.4, 0.5) is 5.82 Å². The van der Waals surface area contributed by atoms with Crippen LogP contribution in [0.1, 0.15) is 43.9 Å². The highest BCUT2D eigenvalue weighted by molar-refractivity contribution is 5.81. The van der Waals surface area contributed by atoms with Crippen molar-refractivity contribution in [3.05, 3.63) is 29.6 Å². The van der Waals surface area contributed by atoms with Crippen LogP contribution in [0, 0.1) is 11.8 Å². The zero-order chi connectivity index (χ0) is 21.4. The minimum atomic E-state index is 0.205. The van der Waals surface area contributed by atoms with Gasteiger partial charge in [-0.3, -0.25) is 9.78 Å². The Hall–Kier alpha value is -2.70. The number of aryl methyl sites for hydroxylation is 1. The molecule has 4 heterocycles. The molecule has 0 spiro atoms. The molecule has 1 amide bonds. The minimum absolute atomic E-state index is 0.205. The molecule has 2 aromatic heterocycles. The highest BCUT2D eigenvalue weighted by Gasteiger charge is 2.39. The molecule has 2 bridgehead atoms. The quantitative estimate of drug-likeness (QED) is 0.684. The van der Waals surface area contributed by atoms with E-state index in [2.05, 4.69) is 16.8 Å². The summed E-state index contributed by atoms with van der Waals surface area (Å²) in [6, 6.07) is 3.77. The van der Waals surface area contributed by atoms with Crippen LogP contribution in [0.3, 0.4) is 0 Å². The normalized spacial score (nSPS) is 21.4. The number of likely N-dealkylation sites (N-methyl/N-ethyl adjacent to an activating group) is 1. The third-order valence-electron chi connectivity index (χ3n) is 6.72. The van der Waals surface area contributed by atoms with E-state index in [-0.39, 0.29) is 5.91 Å². The number of hydrogen-bond acceptors (Lipinski definition) is 6. The average Bonchev–Trinajstić information content (AvgIpc) is 3.25. The van der Waals surface area contributed by atoms with Gasteiger partial charge in [0.2, 0.25) is 5.91 Å². The van der Waals surface area contributed by atoms with Gasteiger partial charge in [-0.15, -0.1) is 0 Å². The Morgan fingerprint density at radius 1 is 1.23 bits per heavy atom. The van der Waals surface area contributed by atoms with Gasteiger partial charge in [0.1, 0.15) is 17.3 Å². The third-order valence-corrected chi connectivity index (χ3v) is 6.72. The highest BCUT2D eigenvalue weighted by atomic mass is 16.5. The Morgan fingerprint density at radius 2 is 2.03 bits per heavy atom. The Morgan fingerprint density at radius 3 is 2.81 bits per heavy atom. The van der Waals surface area contributed by atoms with Crippen LogP contribution in [0.25, 0.3) is 11.5 Å². The summed E-state index contributed by atoms with van der Waals surface area (Å²) in [5.74, 6) is 3.90. The van der Waals surface area contributed by atoms with E-state index >= 15 is 0 Å². The van der Waals surface area contributed by atoms with Crippen molar-refractivity contribution in [2.24, 2.45) is 11.8 Å². The van der Waals surface area contributed by atoms with Crippen molar-refractivity contribution < 1.29 is 9.53 Å². The molecule has 4 aliphatic rings. The van der Waals surface area contributed by atoms with Gasteiger partial charge >= 0.3 is 0 Å². The molecule has 7 nitrogen and oxygen atoms in total. The number of pyridine rings is 1. The molecule has 2 aliphatic heterocycles. The zero-order valence-corrected chi connectivity index (χ0v) is 18.5. The van der Waals surface area contributed by atoms with Crippen LogP contribution in [-0.4, -0.2) is 59.0 Å². The molecule has 3 fully saturated rings. The van der Waals surface area contributed by atoms with E-state index in [1.807, 2.05) is 24.1 Å². The van der Waals surface area contributed by atoms with Gasteiger partial charge in [-0.25, -0.2) is 9.97 Å². The van der Waals surface area contributed by atoms with Crippen molar-refractivity contribution >= 4 is 11.7 Å². The van der Waals surface area contributed by atoms with Crippen LogP contribution in [0.5, 0.6) is 5.75 Å².